The lowest BCUT2D eigenvalue weighted by molar-refractivity contribution is -0.153. The Balaban J connectivity index is 2.22. The Kier molecular flexibility index (Phi) is 3.22. The van der Waals surface area contributed by atoms with E-state index in [0.717, 1.165) is 5.56 Å². The van der Waals surface area contributed by atoms with Crippen LogP contribution in [0.3, 0.4) is 0 Å². The van der Waals surface area contributed by atoms with Gasteiger partial charge < -0.3 is 14.2 Å². The van der Waals surface area contributed by atoms with Crippen LogP contribution >= 0.6 is 0 Å². The Hall–Kier alpha value is -1.39. The first-order valence-corrected chi connectivity index (χ1v) is 5.16. The molecule has 1 fully saturated rings. The number of esters is 1. The van der Waals surface area contributed by atoms with Crippen molar-refractivity contribution in [3.8, 4) is 0 Å². The first-order valence-electron chi connectivity index (χ1n) is 5.16. The van der Waals surface area contributed by atoms with Gasteiger partial charge in [0.1, 0.15) is 6.10 Å². The van der Waals surface area contributed by atoms with Crippen molar-refractivity contribution in [3.05, 3.63) is 35.9 Å². The van der Waals surface area contributed by atoms with Crippen LogP contribution in [0.15, 0.2) is 30.3 Å². The molecule has 86 valence electrons. The van der Waals surface area contributed by atoms with Gasteiger partial charge in [0.2, 0.25) is 0 Å². The molecular formula is C12H14O4. The summed E-state index contributed by atoms with van der Waals surface area (Å²) < 4.78 is 15.6. The third-order valence-corrected chi connectivity index (χ3v) is 2.51. The molecule has 0 N–H and O–H groups in total. The maximum absolute atomic E-state index is 11.5. The van der Waals surface area contributed by atoms with E-state index in [1.54, 1.807) is 6.92 Å². The van der Waals surface area contributed by atoms with E-state index >= 15 is 0 Å². The molecule has 0 aliphatic carbocycles. The smallest absolute Gasteiger partial charge is 0.338 e. The summed E-state index contributed by atoms with van der Waals surface area (Å²) in [6, 6.07) is 9.52. The molecule has 16 heavy (non-hydrogen) atoms. The molecule has 0 radical (unpaired) electrons. The molecule has 0 saturated carbocycles. The van der Waals surface area contributed by atoms with E-state index in [2.05, 4.69) is 0 Å². The van der Waals surface area contributed by atoms with Gasteiger partial charge in [-0.2, -0.15) is 0 Å². The van der Waals surface area contributed by atoms with Crippen molar-refractivity contribution < 1.29 is 19.0 Å². The average molecular weight is 222 g/mol. The lowest BCUT2D eigenvalue weighted by Crippen LogP contribution is -2.27. The lowest BCUT2D eigenvalue weighted by Gasteiger charge is -2.14. The van der Waals surface area contributed by atoms with Crippen LogP contribution in [0.5, 0.6) is 0 Å². The second-order valence-corrected chi connectivity index (χ2v) is 3.61. The number of carbonyl (C=O) groups is 1. The van der Waals surface area contributed by atoms with E-state index in [1.165, 1.54) is 7.11 Å². The van der Waals surface area contributed by atoms with Crippen molar-refractivity contribution in [1.82, 2.24) is 0 Å². The van der Waals surface area contributed by atoms with E-state index in [4.69, 9.17) is 14.2 Å². The van der Waals surface area contributed by atoms with Gasteiger partial charge in [-0.15, -0.1) is 0 Å². The highest BCUT2D eigenvalue weighted by molar-refractivity contribution is 5.76. The fraction of sp³-hybridized carbons (Fsp3) is 0.417. The predicted octanol–water partition coefficient (Wildman–Crippen LogP) is 1.66. The maximum atomic E-state index is 11.5. The number of rotatable bonds is 2. The lowest BCUT2D eigenvalue weighted by atomic mass is 10.0. The summed E-state index contributed by atoms with van der Waals surface area (Å²) in [6.07, 6.45) is -1.46. The number of ether oxygens (including phenoxy) is 3. The summed E-state index contributed by atoms with van der Waals surface area (Å²) >= 11 is 0. The highest BCUT2D eigenvalue weighted by atomic mass is 16.7. The van der Waals surface area contributed by atoms with E-state index in [9.17, 15) is 4.79 Å². The third kappa shape index (κ3) is 2.08. The standard InChI is InChI=1S/C12H14O4/c1-8-15-10(9-6-4-3-5-7-9)11(16-8)12(13)14-2/h3-8,10-11H,1-2H3/t8?,10-,11+/m1/s1. The van der Waals surface area contributed by atoms with Gasteiger partial charge in [0.15, 0.2) is 12.4 Å². The summed E-state index contributed by atoms with van der Waals surface area (Å²) in [5.74, 6) is -0.404. The molecule has 1 unspecified atom stereocenters. The number of benzene rings is 1. The first kappa shape index (κ1) is 11.1. The molecule has 1 aliphatic rings. The number of hydrogen-bond donors (Lipinski definition) is 0. The summed E-state index contributed by atoms with van der Waals surface area (Å²) in [4.78, 5) is 11.5. The molecule has 0 bridgehead atoms. The van der Waals surface area contributed by atoms with Gasteiger partial charge in [-0.1, -0.05) is 30.3 Å². The Morgan fingerprint density at radius 1 is 1.25 bits per heavy atom. The van der Waals surface area contributed by atoms with Crippen LogP contribution in [0.25, 0.3) is 0 Å². The van der Waals surface area contributed by atoms with Crippen molar-refractivity contribution >= 4 is 5.97 Å². The van der Waals surface area contributed by atoms with Crippen molar-refractivity contribution in [3.63, 3.8) is 0 Å². The van der Waals surface area contributed by atoms with Gasteiger partial charge in [-0.25, -0.2) is 4.79 Å². The average Bonchev–Trinajstić information content (AvgIpc) is 2.71. The molecule has 0 amide bonds. The van der Waals surface area contributed by atoms with Gasteiger partial charge in [0.25, 0.3) is 0 Å². The van der Waals surface area contributed by atoms with Gasteiger partial charge in [0, 0.05) is 0 Å². The largest absolute Gasteiger partial charge is 0.467 e. The molecule has 4 nitrogen and oxygen atoms in total. The minimum absolute atomic E-state index is 0.386. The maximum Gasteiger partial charge on any atom is 0.338 e. The Morgan fingerprint density at radius 2 is 1.94 bits per heavy atom. The second-order valence-electron chi connectivity index (χ2n) is 3.61. The monoisotopic (exact) mass is 222 g/mol. The quantitative estimate of drug-likeness (QED) is 0.714. The van der Waals surface area contributed by atoms with Crippen LogP contribution in [-0.2, 0) is 19.0 Å². The molecule has 3 atom stereocenters. The number of methoxy groups -OCH3 is 1. The van der Waals surface area contributed by atoms with Gasteiger partial charge in [-0.3, -0.25) is 0 Å². The molecule has 1 heterocycles. The van der Waals surface area contributed by atoms with Crippen molar-refractivity contribution in [2.24, 2.45) is 0 Å². The van der Waals surface area contributed by atoms with Crippen LogP contribution in [0.1, 0.15) is 18.6 Å². The minimum atomic E-state index is -0.678. The predicted molar refractivity (Wildman–Crippen MR) is 56.6 cm³/mol. The molecule has 1 aliphatic heterocycles. The molecule has 0 spiro atoms. The molecule has 2 rings (SSSR count). The zero-order valence-corrected chi connectivity index (χ0v) is 9.25. The SMILES string of the molecule is COC(=O)[C@H]1OC(C)O[C@@H]1c1ccccc1. The Morgan fingerprint density at radius 3 is 2.56 bits per heavy atom. The topological polar surface area (TPSA) is 44.8 Å². The van der Waals surface area contributed by atoms with Crippen LogP contribution < -0.4 is 0 Å². The van der Waals surface area contributed by atoms with E-state index in [1.807, 2.05) is 30.3 Å². The fourth-order valence-corrected chi connectivity index (χ4v) is 1.78. The van der Waals surface area contributed by atoms with Crippen molar-refractivity contribution in [1.29, 1.82) is 0 Å². The molecule has 1 saturated heterocycles. The van der Waals surface area contributed by atoms with E-state index in [0.29, 0.717) is 0 Å². The van der Waals surface area contributed by atoms with E-state index < -0.39 is 18.4 Å². The minimum Gasteiger partial charge on any atom is -0.467 e. The molecular weight excluding hydrogens is 208 g/mol. The van der Waals surface area contributed by atoms with Gasteiger partial charge >= 0.3 is 5.97 Å². The first-order chi connectivity index (χ1) is 7.72. The Labute approximate surface area is 94.1 Å². The summed E-state index contributed by atoms with van der Waals surface area (Å²) in [5, 5.41) is 0. The van der Waals surface area contributed by atoms with Crippen molar-refractivity contribution in [2.75, 3.05) is 7.11 Å². The van der Waals surface area contributed by atoms with E-state index in [-0.39, 0.29) is 6.10 Å². The number of carbonyl (C=O) groups excluding carboxylic acids is 1. The van der Waals surface area contributed by atoms with Gasteiger partial charge in [-0.05, 0) is 12.5 Å². The fourth-order valence-electron chi connectivity index (χ4n) is 1.78. The summed E-state index contributed by atoms with van der Waals surface area (Å²) in [5.41, 5.74) is 0.919. The summed E-state index contributed by atoms with van der Waals surface area (Å²) in [6.45, 7) is 1.76. The Bertz CT molecular complexity index is 363. The van der Waals surface area contributed by atoms with Crippen LogP contribution in [0.4, 0.5) is 0 Å². The van der Waals surface area contributed by atoms with Crippen LogP contribution in [0.2, 0.25) is 0 Å². The highest BCUT2D eigenvalue weighted by Crippen LogP contribution is 2.32. The molecule has 1 aromatic rings. The molecule has 4 heteroatoms. The zero-order chi connectivity index (χ0) is 11.5. The van der Waals surface area contributed by atoms with Gasteiger partial charge in [0.05, 0.1) is 7.11 Å². The van der Waals surface area contributed by atoms with Crippen LogP contribution in [0, 0.1) is 0 Å². The highest BCUT2D eigenvalue weighted by Gasteiger charge is 2.40. The third-order valence-electron chi connectivity index (χ3n) is 2.51. The summed E-state index contributed by atoms with van der Waals surface area (Å²) in [7, 11) is 1.34. The molecule has 0 aromatic heterocycles. The normalized spacial score (nSPS) is 29.0. The second kappa shape index (κ2) is 4.63. The number of hydrogen-bond acceptors (Lipinski definition) is 4. The zero-order valence-electron chi connectivity index (χ0n) is 9.25. The molecule has 1 aromatic carbocycles. The van der Waals surface area contributed by atoms with Crippen LogP contribution in [-0.4, -0.2) is 25.5 Å². The van der Waals surface area contributed by atoms with Crippen molar-refractivity contribution in [2.45, 2.75) is 25.4 Å².